The first-order valence-electron chi connectivity index (χ1n) is 5.71. The van der Waals surface area contributed by atoms with E-state index in [9.17, 15) is 9.59 Å². The van der Waals surface area contributed by atoms with Crippen molar-refractivity contribution >= 4 is 35.1 Å². The number of rotatable bonds is 4. The Labute approximate surface area is 116 Å². The van der Waals surface area contributed by atoms with E-state index in [0.29, 0.717) is 36.2 Å². The summed E-state index contributed by atoms with van der Waals surface area (Å²) in [6, 6.07) is 5.10. The van der Waals surface area contributed by atoms with E-state index in [1.807, 2.05) is 0 Å². The van der Waals surface area contributed by atoms with E-state index in [1.54, 1.807) is 25.2 Å². The highest BCUT2D eigenvalue weighted by atomic mass is 35.5. The predicted octanol–water partition coefficient (Wildman–Crippen LogP) is 1.23. The highest BCUT2D eigenvalue weighted by molar-refractivity contribution is 5.92. The molecule has 6 nitrogen and oxygen atoms in total. The maximum atomic E-state index is 11.5. The molecule has 3 N–H and O–H groups in total. The molecule has 1 aromatic carbocycles. The third-order valence-corrected chi connectivity index (χ3v) is 2.68. The Morgan fingerprint density at radius 1 is 1.47 bits per heavy atom. The summed E-state index contributed by atoms with van der Waals surface area (Å²) in [4.78, 5) is 22.8. The van der Waals surface area contributed by atoms with Gasteiger partial charge in [0.25, 0.3) is 0 Å². The lowest BCUT2D eigenvalue weighted by molar-refractivity contribution is -0.116. The summed E-state index contributed by atoms with van der Waals surface area (Å²) in [5.74, 6) is -0.519. The first kappa shape index (κ1) is 15.3. The summed E-state index contributed by atoms with van der Waals surface area (Å²) in [6.45, 7) is 0.486. The number of amides is 1. The quantitative estimate of drug-likeness (QED) is 0.884. The van der Waals surface area contributed by atoms with Gasteiger partial charge in [-0.1, -0.05) is 0 Å². The second-order valence-corrected chi connectivity index (χ2v) is 4.05. The van der Waals surface area contributed by atoms with Gasteiger partial charge in [0.15, 0.2) is 5.58 Å². The summed E-state index contributed by atoms with van der Waals surface area (Å²) in [5.41, 5.74) is 7.09. The van der Waals surface area contributed by atoms with Crippen molar-refractivity contribution in [3.8, 4) is 0 Å². The molecule has 0 saturated carbocycles. The Hall–Kier alpha value is -1.79. The molecule has 104 valence electrons. The van der Waals surface area contributed by atoms with Crippen molar-refractivity contribution < 1.29 is 9.21 Å². The normalized spacial score (nSPS) is 10.2. The SMILES string of the molecule is Cl.Cn1c(=O)oc2cc(NC(=O)CCCN)ccc21. The van der Waals surface area contributed by atoms with Gasteiger partial charge in [0.1, 0.15) is 0 Å². The molecule has 1 aromatic heterocycles. The van der Waals surface area contributed by atoms with Gasteiger partial charge in [0.2, 0.25) is 5.91 Å². The van der Waals surface area contributed by atoms with Gasteiger partial charge in [-0.3, -0.25) is 9.36 Å². The van der Waals surface area contributed by atoms with Gasteiger partial charge in [-0.25, -0.2) is 4.79 Å². The van der Waals surface area contributed by atoms with Crippen molar-refractivity contribution in [2.24, 2.45) is 12.8 Å². The Morgan fingerprint density at radius 3 is 2.89 bits per heavy atom. The number of nitrogens with one attached hydrogen (secondary N) is 1. The highest BCUT2D eigenvalue weighted by Gasteiger charge is 2.07. The van der Waals surface area contributed by atoms with Crippen LogP contribution in [0.25, 0.3) is 11.1 Å². The molecule has 0 fully saturated rings. The molecule has 0 saturated heterocycles. The molecule has 0 bridgehead atoms. The van der Waals surface area contributed by atoms with E-state index in [0.717, 1.165) is 0 Å². The van der Waals surface area contributed by atoms with Gasteiger partial charge in [-0.2, -0.15) is 0 Å². The molecule has 0 aliphatic heterocycles. The van der Waals surface area contributed by atoms with Crippen LogP contribution in [0.3, 0.4) is 0 Å². The first-order chi connectivity index (χ1) is 8.61. The summed E-state index contributed by atoms with van der Waals surface area (Å²) in [7, 11) is 1.63. The van der Waals surface area contributed by atoms with E-state index in [-0.39, 0.29) is 18.3 Å². The van der Waals surface area contributed by atoms with E-state index in [2.05, 4.69) is 5.32 Å². The molecule has 1 heterocycles. The summed E-state index contributed by atoms with van der Waals surface area (Å²) >= 11 is 0. The number of carbonyl (C=O) groups is 1. The van der Waals surface area contributed by atoms with Gasteiger partial charge in [0, 0.05) is 25.2 Å². The van der Waals surface area contributed by atoms with E-state index < -0.39 is 5.76 Å². The number of fused-ring (bicyclic) bond motifs is 1. The van der Waals surface area contributed by atoms with Gasteiger partial charge in [-0.05, 0) is 25.1 Å². The number of hydrogen-bond donors (Lipinski definition) is 2. The second-order valence-electron chi connectivity index (χ2n) is 4.05. The Bertz CT molecular complexity index is 633. The lowest BCUT2D eigenvalue weighted by Gasteiger charge is -2.04. The molecular weight excluding hydrogens is 270 g/mol. The smallest absolute Gasteiger partial charge is 0.408 e. The average molecular weight is 286 g/mol. The molecule has 2 aromatic rings. The number of anilines is 1. The third-order valence-electron chi connectivity index (χ3n) is 2.68. The summed E-state index contributed by atoms with van der Waals surface area (Å²) in [5, 5.41) is 2.73. The zero-order valence-corrected chi connectivity index (χ0v) is 11.3. The van der Waals surface area contributed by atoms with Crippen LogP contribution in [-0.4, -0.2) is 17.0 Å². The minimum absolute atomic E-state index is 0. The van der Waals surface area contributed by atoms with E-state index in [4.69, 9.17) is 10.2 Å². The predicted molar refractivity (Wildman–Crippen MR) is 75.6 cm³/mol. The maximum absolute atomic E-state index is 11.5. The molecule has 0 atom stereocenters. The Balaban J connectivity index is 0.00000180. The van der Waals surface area contributed by atoms with Crippen LogP contribution in [0.4, 0.5) is 5.69 Å². The number of benzene rings is 1. The number of carbonyl (C=O) groups excluding carboxylic acids is 1. The van der Waals surface area contributed by atoms with Crippen LogP contribution >= 0.6 is 12.4 Å². The van der Waals surface area contributed by atoms with Crippen LogP contribution in [-0.2, 0) is 11.8 Å². The fourth-order valence-corrected chi connectivity index (χ4v) is 1.70. The molecule has 19 heavy (non-hydrogen) atoms. The van der Waals surface area contributed by atoms with Crippen molar-refractivity contribution in [1.82, 2.24) is 4.57 Å². The molecule has 2 rings (SSSR count). The van der Waals surface area contributed by atoms with Crippen molar-refractivity contribution in [3.05, 3.63) is 28.7 Å². The molecule has 0 aliphatic rings. The molecule has 0 spiro atoms. The second kappa shape index (κ2) is 6.40. The van der Waals surface area contributed by atoms with Gasteiger partial charge in [0.05, 0.1) is 5.52 Å². The van der Waals surface area contributed by atoms with Gasteiger partial charge >= 0.3 is 5.76 Å². The van der Waals surface area contributed by atoms with Crippen molar-refractivity contribution in [1.29, 1.82) is 0 Å². The molecule has 0 aliphatic carbocycles. The third kappa shape index (κ3) is 3.36. The lowest BCUT2D eigenvalue weighted by atomic mass is 10.2. The number of aryl methyl sites for hydroxylation is 1. The van der Waals surface area contributed by atoms with Crippen LogP contribution in [0.15, 0.2) is 27.4 Å². The number of aromatic nitrogens is 1. The molecular formula is C12H16ClN3O3. The fraction of sp³-hybridized carbons (Fsp3) is 0.333. The molecule has 7 heteroatoms. The Morgan fingerprint density at radius 2 is 2.21 bits per heavy atom. The minimum atomic E-state index is -0.420. The average Bonchev–Trinajstić information content (AvgIpc) is 2.62. The van der Waals surface area contributed by atoms with Crippen LogP contribution in [0.5, 0.6) is 0 Å². The number of nitrogens with two attached hydrogens (primary N) is 1. The first-order valence-corrected chi connectivity index (χ1v) is 5.71. The molecule has 1 amide bonds. The van der Waals surface area contributed by atoms with Gasteiger partial charge < -0.3 is 15.5 Å². The molecule has 0 unspecified atom stereocenters. The number of halogens is 1. The van der Waals surface area contributed by atoms with Crippen LogP contribution in [0.2, 0.25) is 0 Å². The zero-order valence-electron chi connectivity index (χ0n) is 10.5. The zero-order chi connectivity index (χ0) is 13.1. The fourth-order valence-electron chi connectivity index (χ4n) is 1.70. The number of oxazole rings is 1. The maximum Gasteiger partial charge on any atom is 0.419 e. The van der Waals surface area contributed by atoms with E-state index in [1.165, 1.54) is 4.57 Å². The van der Waals surface area contributed by atoms with E-state index >= 15 is 0 Å². The van der Waals surface area contributed by atoms with Crippen molar-refractivity contribution in [2.75, 3.05) is 11.9 Å². The largest absolute Gasteiger partial charge is 0.419 e. The molecule has 0 radical (unpaired) electrons. The summed E-state index contributed by atoms with van der Waals surface area (Å²) < 4.78 is 6.45. The minimum Gasteiger partial charge on any atom is -0.408 e. The van der Waals surface area contributed by atoms with Crippen molar-refractivity contribution in [3.63, 3.8) is 0 Å². The standard InChI is InChI=1S/C12H15N3O3.ClH/c1-15-9-5-4-8(7-10(9)18-12(15)17)14-11(16)3-2-6-13;/h4-5,7H,2-3,6,13H2,1H3,(H,14,16);1H. The topological polar surface area (TPSA) is 90.3 Å². The highest BCUT2D eigenvalue weighted by Crippen LogP contribution is 2.17. The Kier molecular flexibility index (Phi) is 5.14. The van der Waals surface area contributed by atoms with Crippen molar-refractivity contribution in [2.45, 2.75) is 12.8 Å². The van der Waals surface area contributed by atoms with Crippen LogP contribution in [0, 0.1) is 0 Å². The van der Waals surface area contributed by atoms with Gasteiger partial charge in [-0.15, -0.1) is 12.4 Å². The summed E-state index contributed by atoms with van der Waals surface area (Å²) in [6.07, 6.45) is 1.03. The van der Waals surface area contributed by atoms with Crippen LogP contribution in [0.1, 0.15) is 12.8 Å². The lowest BCUT2D eigenvalue weighted by Crippen LogP contribution is -2.13. The number of hydrogen-bond acceptors (Lipinski definition) is 4. The van der Waals surface area contributed by atoms with Crippen LogP contribution < -0.4 is 16.8 Å². The number of nitrogens with zero attached hydrogens (tertiary/aromatic N) is 1. The monoisotopic (exact) mass is 285 g/mol.